The van der Waals surface area contributed by atoms with Gasteiger partial charge in [-0.2, -0.15) is 5.26 Å². The molecule has 0 aromatic rings. The summed E-state index contributed by atoms with van der Waals surface area (Å²) in [5, 5.41) is 41.9. The van der Waals surface area contributed by atoms with Crippen LogP contribution in [0.3, 0.4) is 0 Å². The summed E-state index contributed by atoms with van der Waals surface area (Å²) in [6, 6.07) is 2.29. The van der Waals surface area contributed by atoms with Crippen molar-refractivity contribution in [3.8, 4) is 6.07 Å². The number of aliphatic hydroxyl groups is 3. The highest BCUT2D eigenvalue weighted by Crippen LogP contribution is 2.68. The molecule has 0 radical (unpaired) electrons. The molecule has 0 heterocycles. The van der Waals surface area contributed by atoms with Gasteiger partial charge in [-0.1, -0.05) is 20.8 Å². The molecule has 28 heavy (non-hydrogen) atoms. The molecule has 0 saturated heterocycles. The lowest BCUT2D eigenvalue weighted by molar-refractivity contribution is -0.207. The van der Waals surface area contributed by atoms with Crippen molar-refractivity contribution in [1.29, 1.82) is 5.26 Å². The highest BCUT2D eigenvalue weighted by atomic mass is 16.3. The first-order chi connectivity index (χ1) is 13.2. The predicted octanol–water partition coefficient (Wildman–Crippen LogP) is 3.89. The van der Waals surface area contributed by atoms with Crippen LogP contribution in [0, 0.1) is 57.7 Å². The second-order valence-corrected chi connectivity index (χ2v) is 11.2. The number of aliphatic hydroxyl groups excluding tert-OH is 3. The van der Waals surface area contributed by atoms with E-state index in [1.807, 2.05) is 0 Å². The first-order valence-electron chi connectivity index (χ1n) is 11.6. The summed E-state index contributed by atoms with van der Waals surface area (Å²) < 4.78 is 0. The zero-order valence-corrected chi connectivity index (χ0v) is 17.8. The van der Waals surface area contributed by atoms with Gasteiger partial charge >= 0.3 is 0 Å². The first-order valence-corrected chi connectivity index (χ1v) is 11.6. The lowest BCUT2D eigenvalue weighted by Crippen LogP contribution is -2.62. The summed E-state index contributed by atoms with van der Waals surface area (Å²) in [4.78, 5) is 0. The third-order valence-corrected chi connectivity index (χ3v) is 10.2. The van der Waals surface area contributed by atoms with Crippen molar-refractivity contribution in [3.05, 3.63) is 0 Å². The van der Waals surface area contributed by atoms with Crippen molar-refractivity contribution in [3.63, 3.8) is 0 Å². The molecular weight excluding hydrogens is 350 g/mol. The van der Waals surface area contributed by atoms with Crippen LogP contribution in [0.2, 0.25) is 0 Å². The van der Waals surface area contributed by atoms with Gasteiger partial charge in [0.1, 0.15) is 0 Å². The van der Waals surface area contributed by atoms with Crippen LogP contribution in [0.25, 0.3) is 0 Å². The van der Waals surface area contributed by atoms with Gasteiger partial charge < -0.3 is 15.3 Å². The van der Waals surface area contributed by atoms with Gasteiger partial charge in [-0.25, -0.2) is 0 Å². The minimum atomic E-state index is -0.328. The summed E-state index contributed by atoms with van der Waals surface area (Å²) >= 11 is 0. The Hall–Kier alpha value is -0.630. The molecule has 0 unspecified atom stereocenters. The van der Waals surface area contributed by atoms with Gasteiger partial charge in [0.05, 0.1) is 24.4 Å². The number of fused-ring (bicyclic) bond motifs is 5. The normalized spacial score (nSPS) is 54.2. The van der Waals surface area contributed by atoms with Crippen molar-refractivity contribution in [2.75, 3.05) is 0 Å². The van der Waals surface area contributed by atoms with Crippen LogP contribution >= 0.6 is 0 Å². The number of hydrogen-bond donors (Lipinski definition) is 3. The largest absolute Gasteiger partial charge is 0.393 e. The minimum Gasteiger partial charge on any atom is -0.393 e. The molecular formula is C24H39NO3. The molecule has 0 aromatic carbocycles. The molecule has 4 rings (SSSR count). The summed E-state index contributed by atoms with van der Waals surface area (Å²) in [6.07, 6.45) is 7.13. The van der Waals surface area contributed by atoms with Crippen LogP contribution in [-0.2, 0) is 0 Å². The molecule has 158 valence electrons. The number of rotatable bonds is 3. The van der Waals surface area contributed by atoms with Crippen LogP contribution in [0.4, 0.5) is 0 Å². The molecule has 11 atom stereocenters. The van der Waals surface area contributed by atoms with E-state index >= 15 is 0 Å². The SMILES string of the molecule is C[C@H](CCC#N)[C@H]1CC[C@H]2[C@@H]3[C@H](O)C[C@@H]4C[C@H](O)CC[C@]4(C)[C@H]3C[C@H](O)[C@]12C. The van der Waals surface area contributed by atoms with Gasteiger partial charge in [0, 0.05) is 6.42 Å². The van der Waals surface area contributed by atoms with E-state index in [1.165, 1.54) is 0 Å². The average molecular weight is 390 g/mol. The molecule has 0 bridgehead atoms. The van der Waals surface area contributed by atoms with Crippen molar-refractivity contribution >= 4 is 0 Å². The molecule has 0 aliphatic heterocycles. The quantitative estimate of drug-likeness (QED) is 0.684. The first kappa shape index (κ1) is 20.6. The molecule has 0 aromatic heterocycles. The summed E-state index contributed by atoms with van der Waals surface area (Å²) in [5.41, 5.74) is -0.00958. The van der Waals surface area contributed by atoms with Crippen LogP contribution in [0.15, 0.2) is 0 Å². The van der Waals surface area contributed by atoms with E-state index in [2.05, 4.69) is 26.8 Å². The van der Waals surface area contributed by atoms with Gasteiger partial charge in [-0.3, -0.25) is 0 Å². The topological polar surface area (TPSA) is 84.5 Å². The van der Waals surface area contributed by atoms with Gasteiger partial charge in [0.15, 0.2) is 0 Å². The van der Waals surface area contributed by atoms with E-state index < -0.39 is 0 Å². The average Bonchev–Trinajstić information content (AvgIpc) is 3.01. The third-order valence-electron chi connectivity index (χ3n) is 10.2. The minimum absolute atomic E-state index is 0.135. The van der Waals surface area contributed by atoms with E-state index in [0.29, 0.717) is 36.0 Å². The molecule has 4 fully saturated rings. The fourth-order valence-corrected chi connectivity index (χ4v) is 8.63. The predicted molar refractivity (Wildman–Crippen MR) is 108 cm³/mol. The van der Waals surface area contributed by atoms with Gasteiger partial charge in [0.25, 0.3) is 0 Å². The van der Waals surface area contributed by atoms with Crippen LogP contribution in [0.1, 0.15) is 78.6 Å². The van der Waals surface area contributed by atoms with E-state index in [4.69, 9.17) is 5.26 Å². The van der Waals surface area contributed by atoms with Crippen molar-refractivity contribution in [2.45, 2.75) is 96.9 Å². The van der Waals surface area contributed by atoms with Crippen LogP contribution in [0.5, 0.6) is 0 Å². The molecule has 3 N–H and O–H groups in total. The van der Waals surface area contributed by atoms with Crippen molar-refractivity contribution in [1.82, 2.24) is 0 Å². The Kier molecular flexibility index (Phi) is 5.35. The van der Waals surface area contributed by atoms with Crippen LogP contribution in [-0.4, -0.2) is 33.6 Å². The molecule has 0 spiro atoms. The van der Waals surface area contributed by atoms with Gasteiger partial charge in [-0.15, -0.1) is 0 Å². The second kappa shape index (κ2) is 7.25. The highest BCUT2D eigenvalue weighted by molar-refractivity contribution is 5.14. The second-order valence-electron chi connectivity index (χ2n) is 11.2. The maximum Gasteiger partial charge on any atom is 0.0621 e. The van der Waals surface area contributed by atoms with E-state index in [-0.39, 0.29) is 35.1 Å². The molecule has 4 aliphatic carbocycles. The fourth-order valence-electron chi connectivity index (χ4n) is 8.63. The summed E-state index contributed by atoms with van der Waals surface area (Å²) in [7, 11) is 0. The third kappa shape index (κ3) is 2.88. The molecule has 4 nitrogen and oxygen atoms in total. The van der Waals surface area contributed by atoms with Crippen molar-refractivity contribution in [2.24, 2.45) is 46.3 Å². The Labute approximate surface area is 170 Å². The van der Waals surface area contributed by atoms with Crippen molar-refractivity contribution < 1.29 is 15.3 Å². The van der Waals surface area contributed by atoms with Crippen LogP contribution < -0.4 is 0 Å². The zero-order valence-electron chi connectivity index (χ0n) is 17.8. The Morgan fingerprint density at radius 3 is 2.50 bits per heavy atom. The maximum absolute atomic E-state index is 11.5. The van der Waals surface area contributed by atoms with Gasteiger partial charge in [-0.05, 0) is 97.7 Å². The van der Waals surface area contributed by atoms with E-state index in [1.54, 1.807) is 0 Å². The Morgan fingerprint density at radius 2 is 1.79 bits per heavy atom. The zero-order chi connectivity index (χ0) is 20.3. The molecule has 4 aliphatic rings. The lowest BCUT2D eigenvalue weighted by Gasteiger charge is -2.63. The Bertz CT molecular complexity index is 632. The lowest BCUT2D eigenvalue weighted by atomic mass is 9.43. The number of hydrogen-bond acceptors (Lipinski definition) is 4. The summed E-state index contributed by atoms with van der Waals surface area (Å²) in [6.45, 7) is 6.92. The standard InChI is InChI=1S/C24H39NO3/c1-14(5-4-10-25)17-6-7-18-22-19(13-21(28)24(17,18)3)23(2)9-8-16(26)11-15(23)12-20(22)27/h14-22,26-28H,4-9,11-13H2,1-3H3/t14-,15+,16-,17-,18+,19+,20-,21+,22+,23+,24-/m1/s1. The fraction of sp³-hybridized carbons (Fsp3) is 0.958. The molecule has 4 saturated carbocycles. The summed E-state index contributed by atoms with van der Waals surface area (Å²) in [5.74, 6) is 2.25. The molecule has 4 heteroatoms. The molecule has 0 amide bonds. The smallest absolute Gasteiger partial charge is 0.0621 e. The van der Waals surface area contributed by atoms with E-state index in [9.17, 15) is 15.3 Å². The number of nitriles is 1. The monoisotopic (exact) mass is 389 g/mol. The highest BCUT2D eigenvalue weighted by Gasteiger charge is 2.65. The Morgan fingerprint density at radius 1 is 1.04 bits per heavy atom. The Balaban J connectivity index is 1.63. The maximum atomic E-state index is 11.5. The van der Waals surface area contributed by atoms with Gasteiger partial charge in [0.2, 0.25) is 0 Å². The number of nitrogens with zero attached hydrogens (tertiary/aromatic N) is 1. The van der Waals surface area contributed by atoms with E-state index in [0.717, 1.165) is 51.4 Å².